The minimum atomic E-state index is -0.298. The van der Waals surface area contributed by atoms with Crippen LogP contribution in [0.2, 0.25) is 0 Å². The molecule has 0 aliphatic carbocycles. The number of rotatable bonds is 9. The van der Waals surface area contributed by atoms with Gasteiger partial charge >= 0.3 is 0 Å². The second-order valence-electron chi connectivity index (χ2n) is 9.10. The first-order chi connectivity index (χ1) is 16.5. The van der Waals surface area contributed by atoms with E-state index in [-0.39, 0.29) is 5.60 Å². The maximum Gasteiger partial charge on any atom is 0.135 e. The lowest BCUT2D eigenvalue weighted by atomic mass is 9.89. The highest BCUT2D eigenvalue weighted by Crippen LogP contribution is 2.39. The number of fused-ring (bicyclic) bond motifs is 1. The molecular formula is C26H33N3O4S. The molecule has 182 valence electrons. The number of pyridine rings is 1. The van der Waals surface area contributed by atoms with Gasteiger partial charge in [0.25, 0.3) is 0 Å². The third kappa shape index (κ3) is 6.02. The molecule has 0 unspecified atom stereocenters. The van der Waals surface area contributed by atoms with Crippen molar-refractivity contribution < 1.29 is 18.9 Å². The number of aromatic nitrogens is 1. The summed E-state index contributed by atoms with van der Waals surface area (Å²) in [5.41, 5.74) is 3.74. The maximum atomic E-state index is 10.1. The van der Waals surface area contributed by atoms with Crippen molar-refractivity contribution in [3.63, 3.8) is 0 Å². The zero-order chi connectivity index (χ0) is 24.0. The third-order valence-electron chi connectivity index (χ3n) is 6.07. The molecule has 4 rings (SSSR count). The van der Waals surface area contributed by atoms with Crippen LogP contribution in [-0.4, -0.2) is 63.0 Å². The molecule has 0 amide bonds. The first-order valence-electron chi connectivity index (χ1n) is 11.8. The number of aryl methyl sites for hydroxylation is 1. The van der Waals surface area contributed by atoms with Crippen LogP contribution in [0, 0.1) is 11.3 Å². The first kappa shape index (κ1) is 24.8. The Morgan fingerprint density at radius 1 is 1.21 bits per heavy atom. The monoisotopic (exact) mass is 483 g/mol. The first-order valence-corrected chi connectivity index (χ1v) is 12.8. The Balaban J connectivity index is 1.54. The maximum absolute atomic E-state index is 10.1. The highest BCUT2D eigenvalue weighted by atomic mass is 32.2. The molecule has 34 heavy (non-hydrogen) atoms. The summed E-state index contributed by atoms with van der Waals surface area (Å²) in [4.78, 5) is 7.29. The quantitative estimate of drug-likeness (QED) is 0.391. The lowest BCUT2D eigenvalue weighted by Crippen LogP contribution is -2.39. The van der Waals surface area contributed by atoms with Crippen LogP contribution >= 0.6 is 11.8 Å². The van der Waals surface area contributed by atoms with Crippen molar-refractivity contribution in [2.45, 2.75) is 43.9 Å². The molecule has 0 saturated carbocycles. The van der Waals surface area contributed by atoms with Crippen molar-refractivity contribution in [1.29, 1.82) is 5.26 Å². The van der Waals surface area contributed by atoms with Crippen molar-refractivity contribution in [3.05, 3.63) is 46.5 Å². The van der Waals surface area contributed by atoms with E-state index in [1.165, 1.54) is 5.56 Å². The van der Waals surface area contributed by atoms with Gasteiger partial charge < -0.3 is 23.8 Å². The number of thioether (sulfide) groups is 1. The van der Waals surface area contributed by atoms with E-state index in [0.29, 0.717) is 45.0 Å². The SMILES string of the molecule is COCCOc1cccc(CCSc2nc(N3CCOCC3)c3c(c2C#N)CC(C)(C)OC3)c1. The van der Waals surface area contributed by atoms with Crippen molar-refractivity contribution >= 4 is 17.6 Å². The average Bonchev–Trinajstić information content (AvgIpc) is 2.84. The molecule has 0 N–H and O–H groups in total. The second-order valence-corrected chi connectivity index (χ2v) is 10.2. The van der Waals surface area contributed by atoms with Gasteiger partial charge in [-0.3, -0.25) is 0 Å². The standard InChI is InChI=1S/C26H33N3O4S/c1-26(2)16-21-22(17-27)25(28-24(23(21)18-33-26)29-8-10-31-11-9-29)34-14-7-19-5-4-6-20(15-19)32-13-12-30-3/h4-6,15H,7-14,16,18H2,1-3H3. The van der Waals surface area contributed by atoms with Crippen molar-refractivity contribution in [2.24, 2.45) is 0 Å². The van der Waals surface area contributed by atoms with Gasteiger partial charge in [0.1, 0.15) is 29.3 Å². The van der Waals surface area contributed by atoms with Gasteiger partial charge in [-0.05, 0) is 43.5 Å². The predicted octanol–water partition coefficient (Wildman–Crippen LogP) is 4.00. The number of methoxy groups -OCH3 is 1. The predicted molar refractivity (Wildman–Crippen MR) is 133 cm³/mol. The van der Waals surface area contributed by atoms with Gasteiger partial charge in [0.05, 0.1) is 37.6 Å². The minimum absolute atomic E-state index is 0.298. The molecule has 3 heterocycles. The lowest BCUT2D eigenvalue weighted by Gasteiger charge is -2.36. The molecule has 1 saturated heterocycles. The van der Waals surface area contributed by atoms with Gasteiger partial charge in [-0.2, -0.15) is 5.26 Å². The van der Waals surface area contributed by atoms with E-state index in [9.17, 15) is 5.26 Å². The zero-order valence-electron chi connectivity index (χ0n) is 20.3. The van der Waals surface area contributed by atoms with Gasteiger partial charge in [-0.25, -0.2) is 4.98 Å². The molecule has 0 atom stereocenters. The van der Waals surface area contributed by atoms with Crippen LogP contribution < -0.4 is 9.64 Å². The summed E-state index contributed by atoms with van der Waals surface area (Å²) in [6, 6.07) is 10.6. The molecule has 2 aromatic rings. The van der Waals surface area contributed by atoms with Crippen molar-refractivity contribution in [3.8, 4) is 11.8 Å². The summed E-state index contributed by atoms with van der Waals surface area (Å²) in [5.74, 6) is 2.62. The Hall–Kier alpha value is -2.31. The zero-order valence-corrected chi connectivity index (χ0v) is 21.1. The van der Waals surface area contributed by atoms with Gasteiger partial charge in [-0.15, -0.1) is 11.8 Å². The smallest absolute Gasteiger partial charge is 0.135 e. The van der Waals surface area contributed by atoms with Crippen LogP contribution in [0.4, 0.5) is 5.82 Å². The molecular weight excluding hydrogens is 450 g/mol. The van der Waals surface area contributed by atoms with Crippen molar-refractivity contribution in [2.75, 3.05) is 57.3 Å². The lowest BCUT2D eigenvalue weighted by molar-refractivity contribution is -0.0402. The molecule has 2 aliphatic rings. The van der Waals surface area contributed by atoms with E-state index in [2.05, 4.69) is 36.9 Å². The van der Waals surface area contributed by atoms with E-state index < -0.39 is 0 Å². The highest BCUT2D eigenvalue weighted by Gasteiger charge is 2.33. The summed E-state index contributed by atoms with van der Waals surface area (Å²) >= 11 is 1.65. The Bertz CT molecular complexity index is 1030. The summed E-state index contributed by atoms with van der Waals surface area (Å²) in [7, 11) is 1.67. The Morgan fingerprint density at radius 2 is 2.03 bits per heavy atom. The molecule has 1 fully saturated rings. The Morgan fingerprint density at radius 3 is 2.79 bits per heavy atom. The number of hydrogen-bond acceptors (Lipinski definition) is 8. The summed E-state index contributed by atoms with van der Waals surface area (Å²) in [5, 5.41) is 10.9. The molecule has 0 radical (unpaired) electrons. The summed E-state index contributed by atoms with van der Waals surface area (Å²) in [6.45, 7) is 8.72. The van der Waals surface area contributed by atoms with Crippen LogP contribution in [0.3, 0.4) is 0 Å². The molecule has 0 bridgehead atoms. The molecule has 7 nitrogen and oxygen atoms in total. The number of ether oxygens (including phenoxy) is 4. The largest absolute Gasteiger partial charge is 0.491 e. The summed E-state index contributed by atoms with van der Waals surface area (Å²) < 4.78 is 22.5. The number of morpholine rings is 1. The normalized spacial score (nSPS) is 17.2. The number of nitrogens with zero attached hydrogens (tertiary/aromatic N) is 3. The average molecular weight is 484 g/mol. The molecule has 1 aromatic carbocycles. The van der Waals surface area contributed by atoms with Crippen LogP contribution in [0.25, 0.3) is 0 Å². The van der Waals surface area contributed by atoms with Crippen LogP contribution in [-0.2, 0) is 33.7 Å². The van der Waals surface area contributed by atoms with Crippen LogP contribution in [0.1, 0.15) is 36.1 Å². The van der Waals surface area contributed by atoms with Crippen LogP contribution in [0.15, 0.2) is 29.3 Å². The fraction of sp³-hybridized carbons (Fsp3) is 0.538. The summed E-state index contributed by atoms with van der Waals surface area (Å²) in [6.07, 6.45) is 1.57. The number of hydrogen-bond donors (Lipinski definition) is 0. The van der Waals surface area contributed by atoms with Crippen LogP contribution in [0.5, 0.6) is 5.75 Å². The van der Waals surface area contributed by atoms with Crippen molar-refractivity contribution in [1.82, 2.24) is 4.98 Å². The molecule has 1 aromatic heterocycles. The molecule has 8 heteroatoms. The second kappa shape index (κ2) is 11.4. The van der Waals surface area contributed by atoms with E-state index in [1.807, 2.05) is 12.1 Å². The van der Waals surface area contributed by atoms with Gasteiger partial charge in [0, 0.05) is 37.9 Å². The Kier molecular flexibility index (Phi) is 8.32. The number of benzene rings is 1. The van der Waals surface area contributed by atoms with E-state index in [0.717, 1.165) is 53.0 Å². The number of nitriles is 1. The molecule has 2 aliphatic heterocycles. The van der Waals surface area contributed by atoms with Gasteiger partial charge in [-0.1, -0.05) is 12.1 Å². The Labute approximate surface area is 206 Å². The third-order valence-corrected chi connectivity index (χ3v) is 7.05. The fourth-order valence-corrected chi connectivity index (χ4v) is 5.28. The fourth-order valence-electron chi connectivity index (χ4n) is 4.28. The topological polar surface area (TPSA) is 76.8 Å². The van der Waals surface area contributed by atoms with E-state index in [1.54, 1.807) is 18.9 Å². The number of anilines is 1. The highest BCUT2D eigenvalue weighted by molar-refractivity contribution is 7.99. The van der Waals surface area contributed by atoms with Gasteiger partial charge in [0.2, 0.25) is 0 Å². The minimum Gasteiger partial charge on any atom is -0.491 e. The van der Waals surface area contributed by atoms with E-state index >= 15 is 0 Å². The molecule has 0 spiro atoms. The van der Waals surface area contributed by atoms with E-state index in [4.69, 9.17) is 23.9 Å². The van der Waals surface area contributed by atoms with Gasteiger partial charge in [0.15, 0.2) is 0 Å².